The van der Waals surface area contributed by atoms with Crippen molar-refractivity contribution in [1.82, 2.24) is 19.1 Å². The number of hydrogen-bond acceptors (Lipinski definition) is 14. The molecule has 16 nitrogen and oxygen atoms in total. The van der Waals surface area contributed by atoms with Crippen molar-refractivity contribution >= 4 is 85.0 Å². The number of hydrogen-bond donors (Lipinski definition) is 1. The molecule has 0 radical (unpaired) electrons. The molecule has 8 aromatic carbocycles. The van der Waals surface area contributed by atoms with Crippen LogP contribution in [0.15, 0.2) is 191 Å². The van der Waals surface area contributed by atoms with Crippen LogP contribution in [0.5, 0.6) is 34.5 Å². The molecule has 0 fully saturated rings. The lowest BCUT2D eigenvalue weighted by Gasteiger charge is -2.17. The molecule has 0 aliphatic heterocycles. The smallest absolute Gasteiger partial charge is 0.347 e. The number of para-hydroxylation sites is 2. The molecule has 0 amide bonds. The van der Waals surface area contributed by atoms with Crippen LogP contribution in [-0.4, -0.2) is 74.5 Å². The molecule has 12 rings (SSSR count). The number of carbonyl (C=O) groups is 2. The van der Waals surface area contributed by atoms with E-state index in [1.165, 1.54) is 0 Å². The summed E-state index contributed by atoms with van der Waals surface area (Å²) in [5.41, 5.74) is 9.52. The van der Waals surface area contributed by atoms with Gasteiger partial charge in [0.2, 0.25) is 11.8 Å². The fraction of sp³-hybridized carbons (Fsp3) is 0.253. The van der Waals surface area contributed by atoms with Gasteiger partial charge < -0.3 is 56.2 Å². The lowest BCUT2D eigenvalue weighted by atomic mass is 10.1. The molecule has 0 bridgehead atoms. The van der Waals surface area contributed by atoms with Gasteiger partial charge >= 0.3 is 11.9 Å². The number of fused-ring (bicyclic) bond motifs is 6. The van der Waals surface area contributed by atoms with Gasteiger partial charge in [0, 0.05) is 56.8 Å². The Labute approximate surface area is 557 Å². The van der Waals surface area contributed by atoms with E-state index in [1.807, 2.05) is 179 Å². The van der Waals surface area contributed by atoms with Crippen LogP contribution < -0.4 is 23.7 Å². The molecule has 0 spiro atoms. The van der Waals surface area contributed by atoms with Gasteiger partial charge in [-0.1, -0.05) is 134 Å². The van der Waals surface area contributed by atoms with Gasteiger partial charge in [-0.2, -0.15) is 13.5 Å². The summed E-state index contributed by atoms with van der Waals surface area (Å²) in [6.07, 6.45) is 0.603. The molecule has 93 heavy (non-hydrogen) atoms. The molecule has 18 heteroatoms. The number of ether oxygens (including phenoxy) is 7. The van der Waals surface area contributed by atoms with Crippen LogP contribution in [0.4, 0.5) is 0 Å². The number of phenols is 1. The molecule has 4 aromatic heterocycles. The minimum atomic E-state index is -0.680. The highest BCUT2D eigenvalue weighted by Crippen LogP contribution is 2.40. The van der Waals surface area contributed by atoms with E-state index >= 15 is 0 Å². The molecule has 484 valence electrons. The van der Waals surface area contributed by atoms with Gasteiger partial charge in [0.05, 0.1) is 38.5 Å². The van der Waals surface area contributed by atoms with Gasteiger partial charge in [0.15, 0.2) is 29.1 Å². The molecule has 0 unspecified atom stereocenters. The first kappa shape index (κ1) is 69.2. The maximum absolute atomic E-state index is 12.5. The summed E-state index contributed by atoms with van der Waals surface area (Å²) < 4.78 is 56.1. The van der Waals surface area contributed by atoms with E-state index in [2.05, 4.69) is 59.3 Å². The zero-order chi connectivity index (χ0) is 64.0. The third-order valence-electron chi connectivity index (χ3n) is 15.3. The summed E-state index contributed by atoms with van der Waals surface area (Å²) >= 11 is 3.17. The van der Waals surface area contributed by atoms with Crippen molar-refractivity contribution < 1.29 is 56.7 Å². The number of rotatable bonds is 22. The molecule has 0 aliphatic rings. The molecule has 4 heterocycles. The average molecular weight is 1340 g/mol. The summed E-state index contributed by atoms with van der Waals surface area (Å²) in [7, 11) is 3.28. The molecule has 0 aliphatic carbocycles. The Morgan fingerprint density at radius 2 is 0.957 bits per heavy atom. The van der Waals surface area contributed by atoms with Crippen LogP contribution in [0.2, 0.25) is 0 Å². The quantitative estimate of drug-likeness (QED) is 0.0500. The largest absolute Gasteiger partial charge is 0.507 e. The second-order valence-corrected chi connectivity index (χ2v) is 22.4. The van der Waals surface area contributed by atoms with E-state index in [0.717, 1.165) is 89.4 Å². The average Bonchev–Trinajstić information content (AvgIpc) is 1.61. The summed E-state index contributed by atoms with van der Waals surface area (Å²) in [6, 6.07) is 59.5. The number of phenolic OH excluding ortho intramolecular Hbond substituents is 1. The Morgan fingerprint density at radius 1 is 0.516 bits per heavy atom. The fourth-order valence-corrected chi connectivity index (χ4v) is 10.9. The van der Waals surface area contributed by atoms with Crippen LogP contribution in [-0.2, 0) is 45.4 Å². The van der Waals surface area contributed by atoms with E-state index in [9.17, 15) is 14.7 Å². The predicted molar refractivity (Wildman–Crippen MR) is 375 cm³/mol. The van der Waals surface area contributed by atoms with Crippen molar-refractivity contribution in [2.24, 2.45) is 0 Å². The zero-order valence-corrected chi connectivity index (χ0v) is 55.3. The van der Waals surface area contributed by atoms with Gasteiger partial charge in [-0.05, 0) is 137 Å². The van der Waals surface area contributed by atoms with Gasteiger partial charge in [-0.25, -0.2) is 14.8 Å². The minimum Gasteiger partial charge on any atom is -0.507 e. The Hall–Kier alpha value is -9.65. The van der Waals surface area contributed by atoms with Crippen molar-refractivity contribution in [3.8, 4) is 57.4 Å². The number of methoxy groups -OCH3 is 2. The maximum Gasteiger partial charge on any atom is 0.347 e. The van der Waals surface area contributed by atoms with Crippen molar-refractivity contribution in [3.05, 3.63) is 216 Å². The molecule has 1 N–H and O–H groups in total. The Balaban J connectivity index is 0.000000210. The number of esters is 2. The van der Waals surface area contributed by atoms with E-state index in [1.54, 1.807) is 34.1 Å². The highest BCUT2D eigenvalue weighted by atomic mass is 79.9. The number of benzene rings is 8. The van der Waals surface area contributed by atoms with E-state index in [0.29, 0.717) is 79.0 Å². The summed E-state index contributed by atoms with van der Waals surface area (Å²) in [6.45, 7) is 13.7. The number of aromatic nitrogens is 4. The Morgan fingerprint density at radius 3 is 1.43 bits per heavy atom. The second kappa shape index (κ2) is 32.6. The lowest BCUT2D eigenvalue weighted by Crippen LogP contribution is -2.28. The van der Waals surface area contributed by atoms with E-state index < -0.39 is 6.10 Å². The maximum atomic E-state index is 12.5. The van der Waals surface area contributed by atoms with Crippen LogP contribution in [0.25, 0.3) is 66.5 Å². The van der Waals surface area contributed by atoms with Crippen LogP contribution in [0.1, 0.15) is 82.0 Å². The van der Waals surface area contributed by atoms with Crippen LogP contribution in [0.3, 0.4) is 0 Å². The van der Waals surface area contributed by atoms with Crippen molar-refractivity contribution in [2.45, 2.75) is 99.0 Å². The summed E-state index contributed by atoms with van der Waals surface area (Å²) in [5.74, 6) is 5.53. The highest BCUT2D eigenvalue weighted by Gasteiger charge is 2.24. The molecular weight excluding hydrogens is 1260 g/mol. The van der Waals surface area contributed by atoms with E-state index in [4.69, 9.17) is 42.0 Å². The van der Waals surface area contributed by atoms with Gasteiger partial charge in [0.25, 0.3) is 0 Å². The monoisotopic (exact) mass is 1340 g/mol. The number of aryl methyl sites for hydroxylation is 2. The third-order valence-corrected chi connectivity index (χ3v) is 16.3. The van der Waals surface area contributed by atoms with Crippen molar-refractivity contribution in [2.75, 3.05) is 27.4 Å². The van der Waals surface area contributed by atoms with Crippen LogP contribution in [0, 0.1) is 13.8 Å². The predicted octanol–water partition coefficient (Wildman–Crippen LogP) is 17.7. The normalized spacial score (nSPS) is 11.5. The third kappa shape index (κ3) is 16.0. The molecule has 12 aromatic rings. The second-order valence-electron chi connectivity index (χ2n) is 21.2. The molecular formula is C75H79BrN4O12S. The van der Waals surface area contributed by atoms with Gasteiger partial charge in [-0.3, -0.25) is 4.79 Å². The minimum absolute atomic E-state index is 0. The number of nitrogens with zero attached hydrogens (tertiary/aromatic N) is 4. The zero-order valence-electron chi connectivity index (χ0n) is 52.7. The topological polar surface area (TPSA) is 181 Å². The first-order valence-electron chi connectivity index (χ1n) is 30.3. The number of carbonyl (C=O) groups excluding carboxylic acids is 2. The number of oxazole rings is 2. The fourth-order valence-electron chi connectivity index (χ4n) is 10.7. The lowest BCUT2D eigenvalue weighted by molar-refractivity contribution is -0.151. The van der Waals surface area contributed by atoms with E-state index in [-0.39, 0.29) is 56.7 Å². The standard InChI is InChI=1S/C37H36N2O6.C31H26N2O4.C6H11BrO2.CH4.H2S/c1-5-31(37(40)42-6-2)45-33-18-12-17-30-35(33)27-15-10-11-16-29(27)39(30)22-25-19-20-32(34(21-25)41-4)43-23-28-24(3)44-36(38-28)26-13-8-7-9-14-26;1-20-24(32-31(37-20)22-9-4-3-5-10-22)19-36-28-16-15-21(17-29(28)35-2)18-33-25-12-7-6-11-23(25)30-26(33)13-8-14-27(30)34;1-3-5(7)6(8)9-4-2;;/h7-21,31H,5-6,22-23H2,1-4H3;3-17,34H,18-19H2,1-2H3;5H,3-4H2,1-2H3;1H4;1H2/t31-;;5-;;/m1.0../s1. The Kier molecular flexibility index (Phi) is 24.3. The molecule has 0 saturated carbocycles. The number of aromatic hydroxyl groups is 1. The summed E-state index contributed by atoms with van der Waals surface area (Å²) in [5, 5.41) is 14.4. The van der Waals surface area contributed by atoms with Gasteiger partial charge in [0.1, 0.15) is 52.4 Å². The summed E-state index contributed by atoms with van der Waals surface area (Å²) in [4.78, 5) is 32.4. The number of halogens is 1. The molecule has 2 atom stereocenters. The van der Waals surface area contributed by atoms with Crippen LogP contribution >= 0.6 is 29.4 Å². The first-order valence-corrected chi connectivity index (χ1v) is 31.2. The van der Waals surface area contributed by atoms with Gasteiger partial charge in [-0.15, -0.1) is 0 Å². The van der Waals surface area contributed by atoms with Crippen molar-refractivity contribution in [3.63, 3.8) is 0 Å². The molecule has 0 saturated heterocycles. The SMILES string of the molecule is C.CCOC(=O)[C@@H](Br)CC.CCOC(=O)[C@@H](CC)Oc1cccc2c1c1ccccc1n2Cc1ccc(OCc2nc(-c3ccccc3)oc2C)c(OC)c1.COc1cc(Cn2c3ccccc3c3c(O)cccc32)ccc1OCc1nc(-c2ccccc2)oc1C.S. The highest BCUT2D eigenvalue weighted by molar-refractivity contribution is 9.10. The van der Waals surface area contributed by atoms with Crippen molar-refractivity contribution in [1.29, 1.82) is 0 Å². The number of alkyl halides is 1. The Bertz CT molecular complexity index is 4450. The first-order chi connectivity index (χ1) is 44.3.